The summed E-state index contributed by atoms with van der Waals surface area (Å²) in [5, 5.41) is 8.64. The predicted molar refractivity (Wildman–Crippen MR) is 97.9 cm³/mol. The molecule has 1 aromatic carbocycles. The van der Waals surface area contributed by atoms with Gasteiger partial charge in [0.05, 0.1) is 28.5 Å². The van der Waals surface area contributed by atoms with Crippen LogP contribution in [0.5, 0.6) is 0 Å². The molecule has 0 saturated carbocycles. The molecular formula is C16H15Cl2N7. The van der Waals surface area contributed by atoms with Crippen molar-refractivity contribution in [1.82, 2.24) is 25.2 Å². The molecule has 25 heavy (non-hydrogen) atoms. The average Bonchev–Trinajstić information content (AvgIpc) is 3.16. The van der Waals surface area contributed by atoms with Gasteiger partial charge in [-0.3, -0.25) is 20.1 Å². The maximum absolute atomic E-state index is 6.33. The molecule has 7 nitrogen and oxygen atoms in total. The van der Waals surface area contributed by atoms with Crippen LogP contribution in [0.1, 0.15) is 11.1 Å². The summed E-state index contributed by atoms with van der Waals surface area (Å²) in [6.45, 7) is 0.502. The van der Waals surface area contributed by atoms with Gasteiger partial charge in [-0.15, -0.1) is 0 Å². The van der Waals surface area contributed by atoms with E-state index in [2.05, 4.69) is 15.5 Å². The molecule has 9 heteroatoms. The van der Waals surface area contributed by atoms with Crippen LogP contribution in [0.2, 0.25) is 10.0 Å². The molecule has 3 N–H and O–H groups in total. The van der Waals surface area contributed by atoms with Crippen molar-refractivity contribution in [3.05, 3.63) is 69.4 Å². The largest absolute Gasteiger partial charge is 0.295 e. The molecule has 3 heterocycles. The molecule has 2 aromatic rings. The summed E-state index contributed by atoms with van der Waals surface area (Å²) in [7, 11) is 1.87. The van der Waals surface area contributed by atoms with Crippen LogP contribution in [0.25, 0.3) is 5.70 Å². The van der Waals surface area contributed by atoms with Gasteiger partial charge in [0.25, 0.3) is 0 Å². The van der Waals surface area contributed by atoms with Gasteiger partial charge in [-0.1, -0.05) is 35.3 Å². The van der Waals surface area contributed by atoms with E-state index >= 15 is 0 Å². The van der Waals surface area contributed by atoms with Crippen molar-refractivity contribution in [1.29, 1.82) is 0 Å². The van der Waals surface area contributed by atoms with E-state index in [1.54, 1.807) is 29.5 Å². The molecule has 2 aliphatic rings. The van der Waals surface area contributed by atoms with E-state index in [0.717, 1.165) is 28.2 Å². The molecule has 0 aliphatic carbocycles. The lowest BCUT2D eigenvalue weighted by Gasteiger charge is -2.24. The fourth-order valence-electron chi connectivity index (χ4n) is 2.78. The lowest BCUT2D eigenvalue weighted by Crippen LogP contribution is -2.33. The Hall–Kier alpha value is -2.48. The number of nitrogens with two attached hydrogens (primary N) is 1. The minimum absolute atomic E-state index is 0.502. The van der Waals surface area contributed by atoms with E-state index in [1.165, 1.54) is 5.01 Å². The summed E-state index contributed by atoms with van der Waals surface area (Å²) in [6, 6.07) is 5.57. The van der Waals surface area contributed by atoms with Crippen molar-refractivity contribution in [3.8, 4) is 0 Å². The molecule has 0 atom stereocenters. The third-order valence-electron chi connectivity index (χ3n) is 3.96. The zero-order chi connectivity index (χ0) is 17.6. The highest BCUT2D eigenvalue weighted by Gasteiger charge is 2.30. The number of hydrogen-bond donors (Lipinski definition) is 2. The quantitative estimate of drug-likeness (QED) is 0.806. The first-order valence-electron chi connectivity index (χ1n) is 7.53. The zero-order valence-electron chi connectivity index (χ0n) is 13.3. The van der Waals surface area contributed by atoms with Crippen molar-refractivity contribution < 1.29 is 0 Å². The molecule has 0 unspecified atom stereocenters. The van der Waals surface area contributed by atoms with Crippen LogP contribution in [0.3, 0.4) is 0 Å². The lowest BCUT2D eigenvalue weighted by atomic mass is 10.2. The first-order valence-corrected chi connectivity index (χ1v) is 8.28. The molecule has 4 rings (SSSR count). The number of fused-ring (bicyclic) bond motifs is 1. The van der Waals surface area contributed by atoms with E-state index in [0.29, 0.717) is 16.6 Å². The standard InChI is InChI=1S/C16H15Cl2N7/c1-23-6-11(5-21-23)15-16-13(8-24(19)9-20-16)25(22-15)7-10-3-2-4-12(17)14(10)18/h2-6,8-9,22H,7,19H2,1H3. The molecular weight excluding hydrogens is 361 g/mol. The molecule has 0 fully saturated rings. The molecule has 0 amide bonds. The smallest absolute Gasteiger partial charge is 0.117 e. The van der Waals surface area contributed by atoms with E-state index in [1.807, 2.05) is 30.4 Å². The Morgan fingerprint density at radius 3 is 2.88 bits per heavy atom. The second-order valence-corrected chi connectivity index (χ2v) is 6.53. The molecule has 1 aromatic heterocycles. The van der Waals surface area contributed by atoms with Crippen molar-refractivity contribution in [3.63, 3.8) is 0 Å². The lowest BCUT2D eigenvalue weighted by molar-refractivity contribution is 0.302. The number of halogens is 2. The average molecular weight is 376 g/mol. The second kappa shape index (κ2) is 6.11. The molecule has 0 bridgehead atoms. The SMILES string of the molecule is Cn1cc(C2=C3N=CN(N)C=C3N(Cc3cccc(Cl)c3Cl)N2)cn1. The van der Waals surface area contributed by atoms with Crippen LogP contribution in [-0.2, 0) is 13.6 Å². The fourth-order valence-corrected chi connectivity index (χ4v) is 3.16. The summed E-state index contributed by atoms with van der Waals surface area (Å²) in [6.07, 6.45) is 7.07. The van der Waals surface area contributed by atoms with Crippen LogP contribution in [0.15, 0.2) is 53.2 Å². The van der Waals surface area contributed by atoms with Crippen molar-refractivity contribution >= 4 is 35.2 Å². The highest BCUT2D eigenvalue weighted by Crippen LogP contribution is 2.35. The van der Waals surface area contributed by atoms with Crippen molar-refractivity contribution in [2.75, 3.05) is 0 Å². The van der Waals surface area contributed by atoms with Crippen LogP contribution in [0.4, 0.5) is 0 Å². The summed E-state index contributed by atoms with van der Waals surface area (Å²) in [5.41, 5.74) is 7.71. The molecule has 0 spiro atoms. The number of hydrazine groups is 2. The molecule has 2 aliphatic heterocycles. The summed E-state index contributed by atoms with van der Waals surface area (Å²) < 4.78 is 1.74. The maximum atomic E-state index is 6.33. The van der Waals surface area contributed by atoms with Gasteiger partial charge in [-0.05, 0) is 11.6 Å². The van der Waals surface area contributed by atoms with Crippen LogP contribution in [0, 0.1) is 0 Å². The third-order valence-corrected chi connectivity index (χ3v) is 4.82. The van der Waals surface area contributed by atoms with Gasteiger partial charge in [0.2, 0.25) is 0 Å². The highest BCUT2D eigenvalue weighted by atomic mass is 35.5. The molecule has 0 saturated heterocycles. The summed E-state index contributed by atoms with van der Waals surface area (Å²) in [4.78, 5) is 4.46. The fraction of sp³-hybridized carbons (Fsp3) is 0.125. The van der Waals surface area contributed by atoms with Crippen LogP contribution >= 0.6 is 23.2 Å². The molecule has 0 radical (unpaired) electrons. The van der Waals surface area contributed by atoms with Gasteiger partial charge >= 0.3 is 0 Å². The van der Waals surface area contributed by atoms with Gasteiger partial charge in [0, 0.05) is 25.0 Å². The van der Waals surface area contributed by atoms with E-state index in [4.69, 9.17) is 29.0 Å². The van der Waals surface area contributed by atoms with Gasteiger partial charge < -0.3 is 0 Å². The van der Waals surface area contributed by atoms with Crippen molar-refractivity contribution in [2.45, 2.75) is 6.54 Å². The predicted octanol–water partition coefficient (Wildman–Crippen LogP) is 2.47. The summed E-state index contributed by atoms with van der Waals surface area (Å²) >= 11 is 12.5. The summed E-state index contributed by atoms with van der Waals surface area (Å²) in [5.74, 6) is 5.86. The number of rotatable bonds is 3. The number of aliphatic imine (C=N–C) groups is 1. The Labute approximate surface area is 154 Å². The number of hydrogen-bond acceptors (Lipinski definition) is 6. The first kappa shape index (κ1) is 16.0. The van der Waals surface area contributed by atoms with Gasteiger partial charge in [0.15, 0.2) is 0 Å². The monoisotopic (exact) mass is 375 g/mol. The zero-order valence-corrected chi connectivity index (χ0v) is 14.8. The number of aryl methyl sites for hydroxylation is 1. The normalized spacial score (nSPS) is 16.2. The second-order valence-electron chi connectivity index (χ2n) is 5.74. The van der Waals surface area contributed by atoms with Crippen molar-refractivity contribution in [2.24, 2.45) is 17.9 Å². The number of benzene rings is 1. The van der Waals surface area contributed by atoms with E-state index in [9.17, 15) is 0 Å². The molecule has 128 valence electrons. The first-order chi connectivity index (χ1) is 12.0. The van der Waals surface area contributed by atoms with Gasteiger partial charge in [0.1, 0.15) is 17.7 Å². The van der Waals surface area contributed by atoms with E-state index in [-0.39, 0.29) is 0 Å². The topological polar surface area (TPSA) is 74.7 Å². The van der Waals surface area contributed by atoms with Crippen LogP contribution < -0.4 is 11.3 Å². The number of nitrogens with one attached hydrogen (secondary N) is 1. The minimum atomic E-state index is 0.502. The van der Waals surface area contributed by atoms with Gasteiger partial charge in [-0.2, -0.15) is 5.10 Å². The Bertz CT molecular complexity index is 928. The Morgan fingerprint density at radius 2 is 2.12 bits per heavy atom. The van der Waals surface area contributed by atoms with Crippen LogP contribution in [-0.4, -0.2) is 26.1 Å². The Kier molecular flexibility index (Phi) is 3.91. The minimum Gasteiger partial charge on any atom is -0.295 e. The van der Waals surface area contributed by atoms with Gasteiger partial charge in [-0.25, -0.2) is 10.8 Å². The Morgan fingerprint density at radius 1 is 1.28 bits per heavy atom. The highest BCUT2D eigenvalue weighted by molar-refractivity contribution is 6.42. The Balaban J connectivity index is 1.71. The number of nitrogens with zero attached hydrogens (tertiary/aromatic N) is 5. The maximum Gasteiger partial charge on any atom is 0.117 e. The third kappa shape index (κ3) is 2.86. The number of aromatic nitrogens is 2. The van der Waals surface area contributed by atoms with E-state index < -0.39 is 0 Å².